The Morgan fingerprint density at radius 2 is 2.10 bits per heavy atom. The van der Waals surface area contributed by atoms with E-state index in [2.05, 4.69) is 10.1 Å². The lowest BCUT2D eigenvalue weighted by Gasteiger charge is -2.25. The Balaban J connectivity index is 2.39. The highest BCUT2D eigenvalue weighted by molar-refractivity contribution is 4.73. The second-order valence-electron chi connectivity index (χ2n) is 2.11. The quantitative estimate of drug-likeness (QED) is 0.551. The van der Waals surface area contributed by atoms with Crippen LogP contribution in [-0.2, 0) is 4.74 Å². The Morgan fingerprint density at radius 3 is 2.40 bits per heavy atom. The molecule has 0 saturated carbocycles. The first kappa shape index (κ1) is 7.81. The predicted octanol–water partition coefficient (Wildman–Crippen LogP) is 0.537. The van der Waals surface area contributed by atoms with Crippen LogP contribution in [0.2, 0.25) is 0 Å². The molecule has 1 atom stereocenters. The van der Waals surface area contributed by atoms with Gasteiger partial charge in [0.15, 0.2) is 6.10 Å². The zero-order valence-corrected chi connectivity index (χ0v) is 5.24. The molecule has 0 aromatic rings. The summed E-state index contributed by atoms with van der Waals surface area (Å²) in [5.74, 6) is 0. The predicted molar refractivity (Wildman–Crippen MR) is 28.7 cm³/mol. The van der Waals surface area contributed by atoms with Gasteiger partial charge in [-0.25, -0.2) is 0 Å². The molecule has 0 aromatic carbocycles. The zero-order valence-electron chi connectivity index (χ0n) is 5.24. The molecule has 1 heterocycles. The van der Waals surface area contributed by atoms with Crippen LogP contribution in [0.1, 0.15) is 0 Å². The number of rotatable bonds is 0. The van der Waals surface area contributed by atoms with E-state index in [4.69, 9.17) is 0 Å². The molecular formula is C5H8F3NO. The summed E-state index contributed by atoms with van der Waals surface area (Å²) in [6, 6.07) is 0. The average Bonchev–Trinajstić information content (AvgIpc) is 1.88. The van der Waals surface area contributed by atoms with Crippen molar-refractivity contribution in [3.8, 4) is 0 Å². The Morgan fingerprint density at radius 1 is 1.40 bits per heavy atom. The van der Waals surface area contributed by atoms with Crippen molar-refractivity contribution in [1.29, 1.82) is 0 Å². The number of nitrogens with one attached hydrogen (secondary N) is 1. The molecule has 0 bridgehead atoms. The smallest absolute Gasteiger partial charge is 0.366 e. The molecule has 1 N–H and O–H groups in total. The lowest BCUT2D eigenvalue weighted by Crippen LogP contribution is -2.46. The standard InChI is InChI=1S/C5H8F3NO/c6-5(7,8)4-3-9-1-2-10-4/h4,9H,1-3H2/t4-/m0/s1. The summed E-state index contributed by atoms with van der Waals surface area (Å²) in [4.78, 5) is 0. The van der Waals surface area contributed by atoms with Crippen molar-refractivity contribution < 1.29 is 17.9 Å². The Hall–Kier alpha value is -0.290. The molecule has 1 aliphatic heterocycles. The lowest BCUT2D eigenvalue weighted by atomic mass is 10.3. The van der Waals surface area contributed by atoms with Crippen molar-refractivity contribution in [2.45, 2.75) is 12.3 Å². The van der Waals surface area contributed by atoms with E-state index >= 15 is 0 Å². The molecule has 10 heavy (non-hydrogen) atoms. The topological polar surface area (TPSA) is 21.3 Å². The highest BCUT2D eigenvalue weighted by atomic mass is 19.4. The highest BCUT2D eigenvalue weighted by Crippen LogP contribution is 2.23. The molecule has 1 aliphatic rings. The fourth-order valence-corrected chi connectivity index (χ4v) is 0.776. The fourth-order valence-electron chi connectivity index (χ4n) is 0.776. The van der Waals surface area contributed by atoms with Gasteiger partial charge in [-0.15, -0.1) is 0 Å². The SMILES string of the molecule is FC(F)(F)[C@@H]1CNCCO1. The van der Waals surface area contributed by atoms with Crippen LogP contribution in [0.15, 0.2) is 0 Å². The van der Waals surface area contributed by atoms with E-state index in [1.54, 1.807) is 0 Å². The van der Waals surface area contributed by atoms with Gasteiger partial charge in [0.1, 0.15) is 0 Å². The van der Waals surface area contributed by atoms with Crippen molar-refractivity contribution >= 4 is 0 Å². The van der Waals surface area contributed by atoms with E-state index in [1.165, 1.54) is 0 Å². The van der Waals surface area contributed by atoms with Crippen LogP contribution in [0.5, 0.6) is 0 Å². The third-order valence-corrected chi connectivity index (χ3v) is 1.29. The summed E-state index contributed by atoms with van der Waals surface area (Å²) in [6.45, 7) is 0.528. The van der Waals surface area contributed by atoms with Crippen LogP contribution in [0, 0.1) is 0 Å². The molecule has 5 heteroatoms. The Labute approximate surface area is 56.4 Å². The average molecular weight is 155 g/mol. The molecule has 0 aliphatic carbocycles. The van der Waals surface area contributed by atoms with Crippen LogP contribution in [-0.4, -0.2) is 32.0 Å². The summed E-state index contributed by atoms with van der Waals surface area (Å²) >= 11 is 0. The van der Waals surface area contributed by atoms with Crippen LogP contribution < -0.4 is 5.32 Å². The van der Waals surface area contributed by atoms with E-state index in [1.807, 2.05) is 0 Å². The first-order valence-electron chi connectivity index (χ1n) is 3.00. The minimum Gasteiger partial charge on any atom is -0.366 e. The summed E-state index contributed by atoms with van der Waals surface area (Å²) in [6.07, 6.45) is -5.82. The monoisotopic (exact) mass is 155 g/mol. The summed E-state index contributed by atoms with van der Waals surface area (Å²) in [5.41, 5.74) is 0. The van der Waals surface area contributed by atoms with Gasteiger partial charge in [0.05, 0.1) is 6.61 Å². The van der Waals surface area contributed by atoms with Gasteiger partial charge >= 0.3 is 6.18 Å². The van der Waals surface area contributed by atoms with Gasteiger partial charge in [0.25, 0.3) is 0 Å². The molecule has 60 valence electrons. The highest BCUT2D eigenvalue weighted by Gasteiger charge is 2.41. The number of hydrogen-bond acceptors (Lipinski definition) is 2. The number of halogens is 3. The van der Waals surface area contributed by atoms with E-state index in [0.717, 1.165) is 0 Å². The van der Waals surface area contributed by atoms with E-state index in [-0.39, 0.29) is 13.2 Å². The summed E-state index contributed by atoms with van der Waals surface area (Å²) < 4.78 is 39.8. The maximum Gasteiger partial charge on any atom is 0.415 e. The number of alkyl halides is 3. The van der Waals surface area contributed by atoms with Gasteiger partial charge < -0.3 is 10.1 Å². The van der Waals surface area contributed by atoms with Crippen LogP contribution in [0.3, 0.4) is 0 Å². The van der Waals surface area contributed by atoms with E-state index < -0.39 is 12.3 Å². The van der Waals surface area contributed by atoms with Gasteiger partial charge in [0.2, 0.25) is 0 Å². The normalized spacial score (nSPS) is 28.5. The maximum absolute atomic E-state index is 11.8. The van der Waals surface area contributed by atoms with E-state index in [0.29, 0.717) is 6.54 Å². The van der Waals surface area contributed by atoms with Crippen LogP contribution in [0.25, 0.3) is 0 Å². The lowest BCUT2D eigenvalue weighted by molar-refractivity contribution is -0.224. The largest absolute Gasteiger partial charge is 0.415 e. The Kier molecular flexibility index (Phi) is 2.15. The first-order chi connectivity index (χ1) is 4.61. The van der Waals surface area contributed by atoms with E-state index in [9.17, 15) is 13.2 Å². The van der Waals surface area contributed by atoms with Crippen LogP contribution in [0.4, 0.5) is 13.2 Å². The number of hydrogen-bond donors (Lipinski definition) is 1. The molecule has 0 spiro atoms. The molecule has 0 amide bonds. The maximum atomic E-state index is 11.8. The molecule has 2 nitrogen and oxygen atoms in total. The van der Waals surface area contributed by atoms with Gasteiger partial charge in [-0.3, -0.25) is 0 Å². The molecule has 1 saturated heterocycles. The van der Waals surface area contributed by atoms with Crippen molar-refractivity contribution in [3.05, 3.63) is 0 Å². The Bertz CT molecular complexity index is 108. The zero-order chi connectivity index (χ0) is 7.61. The van der Waals surface area contributed by atoms with Crippen molar-refractivity contribution in [2.75, 3.05) is 19.7 Å². The molecule has 0 radical (unpaired) electrons. The number of ether oxygens (including phenoxy) is 1. The van der Waals surface area contributed by atoms with Crippen molar-refractivity contribution in [1.82, 2.24) is 5.32 Å². The molecule has 0 aromatic heterocycles. The molecule has 0 unspecified atom stereocenters. The second kappa shape index (κ2) is 2.75. The molecule has 1 rings (SSSR count). The summed E-state index contributed by atoms with van der Waals surface area (Å²) in [7, 11) is 0. The molecular weight excluding hydrogens is 147 g/mol. The van der Waals surface area contributed by atoms with Gasteiger partial charge in [-0.05, 0) is 0 Å². The third kappa shape index (κ3) is 1.85. The van der Waals surface area contributed by atoms with Crippen LogP contribution >= 0.6 is 0 Å². The first-order valence-corrected chi connectivity index (χ1v) is 3.00. The minimum absolute atomic E-state index is 0.122. The van der Waals surface area contributed by atoms with Crippen molar-refractivity contribution in [2.24, 2.45) is 0 Å². The van der Waals surface area contributed by atoms with Gasteiger partial charge in [0, 0.05) is 13.1 Å². The third-order valence-electron chi connectivity index (χ3n) is 1.29. The fraction of sp³-hybridized carbons (Fsp3) is 1.00. The number of morpholine rings is 1. The molecule has 1 fully saturated rings. The minimum atomic E-state index is -4.21. The van der Waals surface area contributed by atoms with Gasteiger partial charge in [-0.1, -0.05) is 0 Å². The summed E-state index contributed by atoms with van der Waals surface area (Å²) in [5, 5.41) is 2.60. The van der Waals surface area contributed by atoms with Crippen molar-refractivity contribution in [3.63, 3.8) is 0 Å². The van der Waals surface area contributed by atoms with Gasteiger partial charge in [-0.2, -0.15) is 13.2 Å². The second-order valence-corrected chi connectivity index (χ2v) is 2.11.